The van der Waals surface area contributed by atoms with E-state index in [1.54, 1.807) is 49.4 Å². The third-order valence-electron chi connectivity index (χ3n) is 3.23. The molecule has 2 aromatic carbocycles. The van der Waals surface area contributed by atoms with Gasteiger partial charge in [-0.2, -0.15) is 4.98 Å². The van der Waals surface area contributed by atoms with E-state index in [2.05, 4.69) is 10.1 Å². The van der Waals surface area contributed by atoms with Crippen LogP contribution in [0.2, 0.25) is 5.02 Å². The highest BCUT2D eigenvalue weighted by molar-refractivity contribution is 6.30. The van der Waals surface area contributed by atoms with Gasteiger partial charge in [0.2, 0.25) is 0 Å². The van der Waals surface area contributed by atoms with Crippen LogP contribution in [0.5, 0.6) is 5.75 Å². The van der Waals surface area contributed by atoms with Gasteiger partial charge >= 0.3 is 5.97 Å². The van der Waals surface area contributed by atoms with Gasteiger partial charge in [-0.15, -0.1) is 0 Å². The second-order valence-corrected chi connectivity index (χ2v) is 5.46. The molecule has 6 heteroatoms. The first-order valence-corrected chi connectivity index (χ1v) is 7.30. The van der Waals surface area contributed by atoms with Crippen molar-refractivity contribution in [1.29, 1.82) is 0 Å². The maximum absolute atomic E-state index is 12.2. The number of hydrogen-bond donors (Lipinski definition) is 0. The van der Waals surface area contributed by atoms with Crippen LogP contribution < -0.4 is 4.74 Å². The molecule has 0 N–H and O–H groups in total. The van der Waals surface area contributed by atoms with Crippen LogP contribution in [0.15, 0.2) is 47.0 Å². The Balaban J connectivity index is 1.77. The number of nitrogens with zero attached hydrogens (tertiary/aromatic N) is 2. The molecule has 0 unspecified atom stereocenters. The SMILES string of the molecule is Cc1noc(-c2ccc(C(=O)Oc3ccc(Cl)cc3C)cc2)n1. The Labute approximate surface area is 137 Å². The molecule has 0 atom stereocenters. The minimum atomic E-state index is -0.441. The molecule has 3 rings (SSSR count). The van der Waals surface area contributed by atoms with Crippen molar-refractivity contribution in [1.82, 2.24) is 10.1 Å². The summed E-state index contributed by atoms with van der Waals surface area (Å²) in [5.74, 6) is 1.01. The van der Waals surface area contributed by atoms with Crippen molar-refractivity contribution in [3.63, 3.8) is 0 Å². The van der Waals surface area contributed by atoms with Crippen molar-refractivity contribution in [3.8, 4) is 17.2 Å². The average molecular weight is 329 g/mol. The maximum Gasteiger partial charge on any atom is 0.343 e. The molecular formula is C17H13ClN2O3. The molecule has 0 saturated heterocycles. The van der Waals surface area contributed by atoms with E-state index in [1.165, 1.54) is 0 Å². The normalized spacial score (nSPS) is 10.6. The molecule has 0 spiro atoms. The topological polar surface area (TPSA) is 65.2 Å². The third kappa shape index (κ3) is 3.40. The molecule has 0 aliphatic carbocycles. The lowest BCUT2D eigenvalue weighted by atomic mass is 10.1. The quantitative estimate of drug-likeness (QED) is 0.532. The number of esters is 1. The summed E-state index contributed by atoms with van der Waals surface area (Å²) in [6.45, 7) is 3.57. The highest BCUT2D eigenvalue weighted by atomic mass is 35.5. The molecule has 0 saturated carbocycles. The summed E-state index contributed by atoms with van der Waals surface area (Å²) in [6, 6.07) is 11.9. The first kappa shape index (κ1) is 15.2. The molecule has 23 heavy (non-hydrogen) atoms. The largest absolute Gasteiger partial charge is 0.423 e. The van der Waals surface area contributed by atoms with Gasteiger partial charge in [0.1, 0.15) is 5.75 Å². The van der Waals surface area contributed by atoms with Crippen molar-refractivity contribution in [2.24, 2.45) is 0 Å². The van der Waals surface area contributed by atoms with E-state index in [1.807, 2.05) is 6.92 Å². The van der Waals surface area contributed by atoms with Gasteiger partial charge in [0.25, 0.3) is 5.89 Å². The van der Waals surface area contributed by atoms with E-state index in [0.717, 1.165) is 11.1 Å². The molecule has 116 valence electrons. The van der Waals surface area contributed by atoms with Crippen molar-refractivity contribution < 1.29 is 14.1 Å². The van der Waals surface area contributed by atoms with Crippen LogP contribution in [0.1, 0.15) is 21.7 Å². The van der Waals surface area contributed by atoms with Crippen LogP contribution in [0.25, 0.3) is 11.5 Å². The number of halogens is 1. The number of ether oxygens (including phenoxy) is 1. The Kier molecular flexibility index (Phi) is 4.12. The minimum Gasteiger partial charge on any atom is -0.423 e. The van der Waals surface area contributed by atoms with E-state index in [4.69, 9.17) is 20.9 Å². The van der Waals surface area contributed by atoms with Gasteiger partial charge in [-0.25, -0.2) is 4.79 Å². The van der Waals surface area contributed by atoms with Gasteiger partial charge in [0.05, 0.1) is 5.56 Å². The van der Waals surface area contributed by atoms with E-state index in [-0.39, 0.29) is 0 Å². The number of rotatable bonds is 3. The predicted molar refractivity (Wildman–Crippen MR) is 85.6 cm³/mol. The molecule has 0 amide bonds. The molecule has 0 fully saturated rings. The van der Waals surface area contributed by atoms with Crippen LogP contribution in [0.4, 0.5) is 0 Å². The molecule has 0 aliphatic heterocycles. The van der Waals surface area contributed by atoms with E-state index >= 15 is 0 Å². The first-order valence-electron chi connectivity index (χ1n) is 6.92. The number of aromatic nitrogens is 2. The second-order valence-electron chi connectivity index (χ2n) is 5.02. The van der Waals surface area contributed by atoms with Crippen molar-refractivity contribution in [2.75, 3.05) is 0 Å². The highest BCUT2D eigenvalue weighted by Crippen LogP contribution is 2.23. The lowest BCUT2D eigenvalue weighted by molar-refractivity contribution is 0.0733. The van der Waals surface area contributed by atoms with Crippen LogP contribution in [-0.2, 0) is 0 Å². The van der Waals surface area contributed by atoms with Gasteiger partial charge < -0.3 is 9.26 Å². The van der Waals surface area contributed by atoms with E-state index in [0.29, 0.717) is 28.1 Å². The fourth-order valence-electron chi connectivity index (χ4n) is 2.05. The van der Waals surface area contributed by atoms with Crippen LogP contribution >= 0.6 is 11.6 Å². The van der Waals surface area contributed by atoms with Gasteiger partial charge in [0.15, 0.2) is 5.82 Å². The number of benzene rings is 2. The Morgan fingerprint density at radius 3 is 2.48 bits per heavy atom. The zero-order valence-electron chi connectivity index (χ0n) is 12.5. The highest BCUT2D eigenvalue weighted by Gasteiger charge is 2.12. The van der Waals surface area contributed by atoms with Crippen molar-refractivity contribution in [2.45, 2.75) is 13.8 Å². The number of carbonyl (C=O) groups excluding carboxylic acids is 1. The lowest BCUT2D eigenvalue weighted by Gasteiger charge is -2.07. The molecule has 5 nitrogen and oxygen atoms in total. The fourth-order valence-corrected chi connectivity index (χ4v) is 2.28. The third-order valence-corrected chi connectivity index (χ3v) is 3.47. The Morgan fingerprint density at radius 2 is 1.87 bits per heavy atom. The Morgan fingerprint density at radius 1 is 1.13 bits per heavy atom. The number of carbonyl (C=O) groups is 1. The summed E-state index contributed by atoms with van der Waals surface area (Å²) in [5.41, 5.74) is 1.97. The van der Waals surface area contributed by atoms with Gasteiger partial charge in [-0.3, -0.25) is 0 Å². The number of hydrogen-bond acceptors (Lipinski definition) is 5. The smallest absolute Gasteiger partial charge is 0.343 e. The predicted octanol–water partition coefficient (Wildman–Crippen LogP) is 4.23. The summed E-state index contributed by atoms with van der Waals surface area (Å²) in [4.78, 5) is 16.3. The van der Waals surface area contributed by atoms with E-state index in [9.17, 15) is 4.79 Å². The maximum atomic E-state index is 12.2. The summed E-state index contributed by atoms with van der Waals surface area (Å²) < 4.78 is 10.5. The molecule has 0 radical (unpaired) electrons. The van der Waals surface area contributed by atoms with Crippen molar-refractivity contribution >= 4 is 17.6 Å². The van der Waals surface area contributed by atoms with Crippen LogP contribution in [0, 0.1) is 13.8 Å². The van der Waals surface area contributed by atoms with E-state index < -0.39 is 5.97 Å². The Hall–Kier alpha value is -2.66. The Bertz CT molecular complexity index is 857. The standard InChI is InChI=1S/C17H13ClN2O3/c1-10-9-14(18)7-8-15(10)22-17(21)13-5-3-12(4-6-13)16-19-11(2)20-23-16/h3-9H,1-2H3. The first-order chi connectivity index (χ1) is 11.0. The number of aryl methyl sites for hydroxylation is 2. The van der Waals surface area contributed by atoms with Gasteiger partial charge in [-0.05, 0) is 61.9 Å². The summed E-state index contributed by atoms with van der Waals surface area (Å²) in [7, 11) is 0. The summed E-state index contributed by atoms with van der Waals surface area (Å²) in [6.07, 6.45) is 0. The molecular weight excluding hydrogens is 316 g/mol. The van der Waals surface area contributed by atoms with Gasteiger partial charge in [-0.1, -0.05) is 16.8 Å². The molecule has 0 bridgehead atoms. The second kappa shape index (κ2) is 6.22. The lowest BCUT2D eigenvalue weighted by Crippen LogP contribution is -2.09. The monoisotopic (exact) mass is 328 g/mol. The van der Waals surface area contributed by atoms with Crippen LogP contribution in [-0.4, -0.2) is 16.1 Å². The molecule has 1 heterocycles. The molecule has 3 aromatic rings. The zero-order valence-corrected chi connectivity index (χ0v) is 13.3. The summed E-state index contributed by atoms with van der Waals surface area (Å²) >= 11 is 5.89. The minimum absolute atomic E-state index is 0.413. The zero-order chi connectivity index (χ0) is 16.4. The van der Waals surface area contributed by atoms with Gasteiger partial charge in [0, 0.05) is 10.6 Å². The average Bonchev–Trinajstić information content (AvgIpc) is 2.97. The molecule has 0 aliphatic rings. The molecule has 1 aromatic heterocycles. The summed E-state index contributed by atoms with van der Waals surface area (Å²) in [5, 5.41) is 4.33. The van der Waals surface area contributed by atoms with Crippen LogP contribution in [0.3, 0.4) is 0 Å². The fraction of sp³-hybridized carbons (Fsp3) is 0.118. The van der Waals surface area contributed by atoms with Crippen molar-refractivity contribution in [3.05, 3.63) is 64.4 Å².